The van der Waals surface area contributed by atoms with Gasteiger partial charge in [0.05, 0.1) is 12.7 Å². The van der Waals surface area contributed by atoms with Crippen LogP contribution in [0.25, 0.3) is 0 Å². The van der Waals surface area contributed by atoms with Gasteiger partial charge >= 0.3 is 5.97 Å². The summed E-state index contributed by atoms with van der Waals surface area (Å²) < 4.78 is 0. The fourth-order valence-electron chi connectivity index (χ4n) is 0.867. The fraction of sp³-hybridized carbons (Fsp3) is 0.167. The number of rotatable bonds is 1. The number of carboxylic acid groups (broad SMARTS) is 1. The topological polar surface area (TPSA) is 65.3 Å². The first-order chi connectivity index (χ1) is 5.77. The van der Waals surface area contributed by atoms with Gasteiger partial charge in [-0.3, -0.25) is 4.99 Å². The number of thioether (sulfide) groups is 1. The Labute approximate surface area is 72.5 Å². The Morgan fingerprint density at radius 1 is 1.75 bits per heavy atom. The Balaban J connectivity index is 2.25. The van der Waals surface area contributed by atoms with Crippen molar-refractivity contribution in [2.45, 2.75) is 0 Å². The standard InChI is InChI=1S/C6H5N3O2S/c10-5(11)4-3-9-6(12-4)7-1-2-8-9/h2-3H,1H2,(H,10,11). The van der Waals surface area contributed by atoms with Gasteiger partial charge < -0.3 is 5.11 Å². The van der Waals surface area contributed by atoms with Gasteiger partial charge in [0.2, 0.25) is 0 Å². The monoisotopic (exact) mass is 183 g/mol. The third kappa shape index (κ3) is 1.10. The Bertz CT molecular complexity index is 321. The quantitative estimate of drug-likeness (QED) is 0.635. The van der Waals surface area contributed by atoms with E-state index in [4.69, 9.17) is 5.11 Å². The molecule has 0 aliphatic carbocycles. The molecule has 12 heavy (non-hydrogen) atoms. The third-order valence-corrected chi connectivity index (χ3v) is 2.36. The minimum absolute atomic E-state index is 0.257. The second-order valence-corrected chi connectivity index (χ2v) is 3.18. The molecule has 2 aliphatic heterocycles. The van der Waals surface area contributed by atoms with Crippen LogP contribution in [0, 0.1) is 0 Å². The molecular formula is C6H5N3O2S. The van der Waals surface area contributed by atoms with Crippen molar-refractivity contribution in [2.24, 2.45) is 10.1 Å². The molecule has 0 atom stereocenters. The van der Waals surface area contributed by atoms with E-state index in [0.29, 0.717) is 11.7 Å². The van der Waals surface area contributed by atoms with E-state index in [2.05, 4.69) is 10.1 Å². The normalized spacial score (nSPS) is 20.2. The Morgan fingerprint density at radius 2 is 2.58 bits per heavy atom. The van der Waals surface area contributed by atoms with Crippen LogP contribution in [0.15, 0.2) is 21.2 Å². The maximum absolute atomic E-state index is 10.5. The highest BCUT2D eigenvalue weighted by Crippen LogP contribution is 2.29. The van der Waals surface area contributed by atoms with E-state index in [9.17, 15) is 4.79 Å². The Morgan fingerprint density at radius 3 is 3.25 bits per heavy atom. The fourth-order valence-corrected chi connectivity index (χ4v) is 1.64. The predicted molar refractivity (Wildman–Crippen MR) is 45.9 cm³/mol. The number of hydrazone groups is 1. The molecule has 0 aromatic rings. The summed E-state index contributed by atoms with van der Waals surface area (Å²) in [5, 5.41) is 14.7. The molecule has 62 valence electrons. The van der Waals surface area contributed by atoms with E-state index in [-0.39, 0.29) is 4.91 Å². The van der Waals surface area contributed by atoms with Gasteiger partial charge in [-0.05, 0) is 11.8 Å². The molecule has 0 spiro atoms. The largest absolute Gasteiger partial charge is 0.477 e. The number of fused-ring (bicyclic) bond motifs is 1. The van der Waals surface area contributed by atoms with Crippen LogP contribution in [0.3, 0.4) is 0 Å². The molecule has 2 heterocycles. The van der Waals surface area contributed by atoms with Gasteiger partial charge in [-0.15, -0.1) is 0 Å². The maximum atomic E-state index is 10.5. The third-order valence-electron chi connectivity index (χ3n) is 1.36. The number of nitrogens with zero attached hydrogens (tertiary/aromatic N) is 3. The SMILES string of the molecule is O=C(O)C1=CN2N=CCN=C2S1. The molecule has 0 bridgehead atoms. The van der Waals surface area contributed by atoms with Gasteiger partial charge in [0.25, 0.3) is 0 Å². The highest BCUT2D eigenvalue weighted by atomic mass is 32.2. The van der Waals surface area contributed by atoms with Gasteiger partial charge in [-0.25, -0.2) is 9.80 Å². The summed E-state index contributed by atoms with van der Waals surface area (Å²) in [5.74, 6) is -0.938. The Hall–Kier alpha value is -1.30. The molecule has 5 nitrogen and oxygen atoms in total. The lowest BCUT2D eigenvalue weighted by atomic mass is 10.6. The summed E-state index contributed by atoms with van der Waals surface area (Å²) in [6.45, 7) is 0.527. The smallest absolute Gasteiger partial charge is 0.344 e. The van der Waals surface area contributed by atoms with Crippen molar-refractivity contribution in [3.05, 3.63) is 11.1 Å². The molecule has 2 aliphatic rings. The van der Waals surface area contributed by atoms with Crippen LogP contribution in [0.5, 0.6) is 0 Å². The lowest BCUT2D eigenvalue weighted by Gasteiger charge is -2.11. The van der Waals surface area contributed by atoms with E-state index in [1.165, 1.54) is 11.2 Å². The maximum Gasteiger partial charge on any atom is 0.344 e. The molecular weight excluding hydrogens is 178 g/mol. The number of carbonyl (C=O) groups is 1. The lowest BCUT2D eigenvalue weighted by Crippen LogP contribution is -2.17. The summed E-state index contributed by atoms with van der Waals surface area (Å²) in [6, 6.07) is 0. The van der Waals surface area contributed by atoms with Crippen molar-refractivity contribution in [1.29, 1.82) is 0 Å². The molecule has 6 heteroatoms. The van der Waals surface area contributed by atoms with Gasteiger partial charge in [0.15, 0.2) is 5.17 Å². The van der Waals surface area contributed by atoms with Crippen LogP contribution < -0.4 is 0 Å². The average molecular weight is 183 g/mol. The van der Waals surface area contributed by atoms with Gasteiger partial charge in [-0.2, -0.15) is 5.10 Å². The van der Waals surface area contributed by atoms with Crippen LogP contribution >= 0.6 is 11.8 Å². The highest BCUT2D eigenvalue weighted by Gasteiger charge is 2.25. The van der Waals surface area contributed by atoms with E-state index in [1.54, 1.807) is 6.21 Å². The van der Waals surface area contributed by atoms with Crippen molar-refractivity contribution in [3.63, 3.8) is 0 Å². The first-order valence-electron chi connectivity index (χ1n) is 3.26. The number of carboxylic acids is 1. The Kier molecular flexibility index (Phi) is 1.61. The zero-order valence-corrected chi connectivity index (χ0v) is 6.78. The van der Waals surface area contributed by atoms with Gasteiger partial charge in [0, 0.05) is 6.21 Å². The molecule has 2 rings (SSSR count). The number of amidine groups is 1. The number of hydrogen-bond donors (Lipinski definition) is 1. The van der Waals surface area contributed by atoms with E-state index in [1.807, 2.05) is 0 Å². The second kappa shape index (κ2) is 2.63. The van der Waals surface area contributed by atoms with Crippen molar-refractivity contribution in [1.82, 2.24) is 5.01 Å². The van der Waals surface area contributed by atoms with E-state index >= 15 is 0 Å². The highest BCUT2D eigenvalue weighted by molar-refractivity contribution is 8.18. The van der Waals surface area contributed by atoms with Crippen molar-refractivity contribution >= 4 is 29.1 Å². The summed E-state index contributed by atoms with van der Waals surface area (Å²) in [4.78, 5) is 14.8. The summed E-state index contributed by atoms with van der Waals surface area (Å²) in [6.07, 6.45) is 3.09. The summed E-state index contributed by atoms with van der Waals surface area (Å²) in [5.41, 5.74) is 0. The number of hydrogen-bond acceptors (Lipinski definition) is 5. The molecule has 0 radical (unpaired) electrons. The molecule has 0 saturated heterocycles. The van der Waals surface area contributed by atoms with Crippen molar-refractivity contribution in [3.8, 4) is 0 Å². The zero-order chi connectivity index (χ0) is 8.55. The summed E-state index contributed by atoms with van der Waals surface area (Å²) in [7, 11) is 0. The number of aliphatic carboxylic acids is 1. The van der Waals surface area contributed by atoms with Crippen molar-refractivity contribution in [2.75, 3.05) is 6.54 Å². The zero-order valence-electron chi connectivity index (χ0n) is 5.97. The first-order valence-corrected chi connectivity index (χ1v) is 4.08. The molecule has 0 aromatic heterocycles. The van der Waals surface area contributed by atoms with Gasteiger partial charge in [0.1, 0.15) is 4.91 Å². The molecule has 0 amide bonds. The van der Waals surface area contributed by atoms with Crippen LogP contribution in [-0.2, 0) is 4.79 Å². The van der Waals surface area contributed by atoms with Crippen LogP contribution in [-0.4, -0.2) is 34.0 Å². The van der Waals surface area contributed by atoms with E-state index < -0.39 is 5.97 Å². The lowest BCUT2D eigenvalue weighted by molar-refractivity contribution is -0.131. The molecule has 0 unspecified atom stereocenters. The summed E-state index contributed by atoms with van der Waals surface area (Å²) >= 11 is 1.13. The molecule has 0 aromatic carbocycles. The molecule has 1 N–H and O–H groups in total. The minimum atomic E-state index is -0.938. The molecule has 0 saturated carbocycles. The van der Waals surface area contributed by atoms with Crippen LogP contribution in [0.2, 0.25) is 0 Å². The predicted octanol–water partition coefficient (Wildman–Crippen LogP) is 0.317. The van der Waals surface area contributed by atoms with Crippen LogP contribution in [0.4, 0.5) is 0 Å². The average Bonchev–Trinajstić information content (AvgIpc) is 2.46. The first kappa shape index (κ1) is 7.35. The van der Waals surface area contributed by atoms with Crippen molar-refractivity contribution < 1.29 is 9.90 Å². The minimum Gasteiger partial charge on any atom is -0.477 e. The van der Waals surface area contributed by atoms with Crippen LogP contribution in [0.1, 0.15) is 0 Å². The second-order valence-electron chi connectivity index (χ2n) is 2.17. The van der Waals surface area contributed by atoms with Gasteiger partial charge in [-0.1, -0.05) is 0 Å². The molecule has 0 fully saturated rings. The van der Waals surface area contributed by atoms with E-state index in [0.717, 1.165) is 11.8 Å². The number of aliphatic imine (C=N–C) groups is 1.